The molecule has 0 aromatic heterocycles. The van der Waals surface area contributed by atoms with E-state index in [1.807, 2.05) is 0 Å². The first-order valence-electron chi connectivity index (χ1n) is 4.55. The van der Waals surface area contributed by atoms with E-state index in [4.69, 9.17) is 5.73 Å². The molecule has 0 radical (unpaired) electrons. The molecule has 0 aliphatic rings. The fourth-order valence-corrected chi connectivity index (χ4v) is 1.08. The minimum Gasteiger partial charge on any atom is -0.399 e. The summed E-state index contributed by atoms with van der Waals surface area (Å²) in [7, 11) is 0. The third-order valence-corrected chi connectivity index (χ3v) is 1.83. The van der Waals surface area contributed by atoms with Crippen LogP contribution in [0.25, 0.3) is 0 Å². The van der Waals surface area contributed by atoms with Crippen LogP contribution in [-0.2, 0) is 11.3 Å². The maximum atomic E-state index is 11.8. The van der Waals surface area contributed by atoms with Crippen LogP contribution in [0, 0.1) is 0 Å². The number of nitrogens with one attached hydrogen (secondary N) is 1. The summed E-state index contributed by atoms with van der Waals surface area (Å²) in [5.74, 6) is -1.04. The number of carbonyl (C=O) groups is 1. The van der Waals surface area contributed by atoms with Gasteiger partial charge in [0.05, 0.1) is 0 Å². The van der Waals surface area contributed by atoms with Crippen molar-refractivity contribution in [3.05, 3.63) is 29.8 Å². The molecule has 0 bridgehead atoms. The van der Waals surface area contributed by atoms with Crippen LogP contribution < -0.4 is 11.1 Å². The predicted octanol–water partition coefficient (Wildman–Crippen LogP) is 1.84. The molecule has 0 aliphatic heterocycles. The van der Waals surface area contributed by atoms with E-state index >= 15 is 0 Å². The molecule has 0 aliphatic carbocycles. The summed E-state index contributed by atoms with van der Waals surface area (Å²) < 4.78 is 35.4. The largest absolute Gasteiger partial charge is 0.399 e. The van der Waals surface area contributed by atoms with Gasteiger partial charge in [-0.2, -0.15) is 13.2 Å². The van der Waals surface area contributed by atoms with Crippen LogP contribution in [0.3, 0.4) is 0 Å². The molecule has 0 saturated carbocycles. The quantitative estimate of drug-likeness (QED) is 0.781. The van der Waals surface area contributed by atoms with Gasteiger partial charge in [0.2, 0.25) is 5.91 Å². The summed E-state index contributed by atoms with van der Waals surface area (Å²) in [6.07, 6.45) is -5.92. The highest BCUT2D eigenvalue weighted by atomic mass is 19.4. The number of hydrogen-bond acceptors (Lipinski definition) is 2. The highest BCUT2D eigenvalue weighted by Crippen LogP contribution is 2.18. The number of amides is 1. The SMILES string of the molecule is Nc1ccc(CNC(=O)CC(F)(F)F)cc1. The van der Waals surface area contributed by atoms with Crippen LogP contribution in [0.2, 0.25) is 0 Å². The number of benzene rings is 1. The molecule has 0 heterocycles. The average molecular weight is 232 g/mol. The van der Waals surface area contributed by atoms with Crippen molar-refractivity contribution in [3.63, 3.8) is 0 Å². The molecule has 0 atom stereocenters. The van der Waals surface area contributed by atoms with E-state index in [0.717, 1.165) is 0 Å². The highest BCUT2D eigenvalue weighted by Gasteiger charge is 2.30. The molecule has 88 valence electrons. The summed E-state index contributed by atoms with van der Waals surface area (Å²) in [4.78, 5) is 10.8. The number of nitrogen functional groups attached to an aromatic ring is 1. The zero-order valence-corrected chi connectivity index (χ0v) is 8.34. The number of nitrogens with two attached hydrogens (primary N) is 1. The van der Waals surface area contributed by atoms with Crippen molar-refractivity contribution in [1.82, 2.24) is 5.32 Å². The minimum atomic E-state index is -4.47. The predicted molar refractivity (Wildman–Crippen MR) is 53.4 cm³/mol. The van der Waals surface area contributed by atoms with Crippen LogP contribution in [0.15, 0.2) is 24.3 Å². The van der Waals surface area contributed by atoms with Crippen molar-refractivity contribution in [2.24, 2.45) is 0 Å². The Bertz CT molecular complexity index is 359. The maximum Gasteiger partial charge on any atom is 0.397 e. The molecule has 3 nitrogen and oxygen atoms in total. The van der Waals surface area contributed by atoms with Crippen molar-refractivity contribution < 1.29 is 18.0 Å². The van der Waals surface area contributed by atoms with Crippen molar-refractivity contribution in [3.8, 4) is 0 Å². The van der Waals surface area contributed by atoms with Gasteiger partial charge in [-0.3, -0.25) is 4.79 Å². The molecule has 1 rings (SSSR count). The van der Waals surface area contributed by atoms with E-state index in [1.54, 1.807) is 24.3 Å². The van der Waals surface area contributed by atoms with Crippen molar-refractivity contribution in [2.45, 2.75) is 19.1 Å². The van der Waals surface area contributed by atoms with E-state index in [9.17, 15) is 18.0 Å². The molecular formula is C10H11F3N2O. The first-order valence-corrected chi connectivity index (χ1v) is 4.55. The van der Waals surface area contributed by atoms with Gasteiger partial charge in [-0.05, 0) is 17.7 Å². The van der Waals surface area contributed by atoms with Gasteiger partial charge in [-0.15, -0.1) is 0 Å². The monoisotopic (exact) mass is 232 g/mol. The lowest BCUT2D eigenvalue weighted by atomic mass is 10.2. The molecule has 0 saturated heterocycles. The van der Waals surface area contributed by atoms with Gasteiger partial charge >= 0.3 is 6.18 Å². The third-order valence-electron chi connectivity index (χ3n) is 1.83. The van der Waals surface area contributed by atoms with E-state index < -0.39 is 18.5 Å². The molecule has 0 spiro atoms. The minimum absolute atomic E-state index is 0.0647. The van der Waals surface area contributed by atoms with Gasteiger partial charge in [-0.25, -0.2) is 0 Å². The van der Waals surface area contributed by atoms with Crippen LogP contribution >= 0.6 is 0 Å². The summed E-state index contributed by atoms with van der Waals surface area (Å²) >= 11 is 0. The third kappa shape index (κ3) is 4.68. The molecule has 1 aromatic rings. The highest BCUT2D eigenvalue weighted by molar-refractivity contribution is 5.76. The smallest absolute Gasteiger partial charge is 0.397 e. The molecule has 6 heteroatoms. The normalized spacial score (nSPS) is 11.2. The second-order valence-electron chi connectivity index (χ2n) is 3.31. The average Bonchev–Trinajstić information content (AvgIpc) is 2.14. The van der Waals surface area contributed by atoms with E-state index in [1.165, 1.54) is 0 Å². The van der Waals surface area contributed by atoms with Crippen LogP contribution in [0.5, 0.6) is 0 Å². The lowest BCUT2D eigenvalue weighted by Crippen LogP contribution is -2.28. The van der Waals surface area contributed by atoms with E-state index in [-0.39, 0.29) is 6.54 Å². The zero-order valence-electron chi connectivity index (χ0n) is 8.34. The van der Waals surface area contributed by atoms with Crippen LogP contribution in [0.4, 0.5) is 18.9 Å². The number of halogens is 3. The van der Waals surface area contributed by atoms with Gasteiger partial charge in [0.15, 0.2) is 0 Å². The van der Waals surface area contributed by atoms with Crippen LogP contribution in [0.1, 0.15) is 12.0 Å². The summed E-state index contributed by atoms with van der Waals surface area (Å²) in [5.41, 5.74) is 6.69. The summed E-state index contributed by atoms with van der Waals surface area (Å²) in [5, 5.41) is 2.18. The molecule has 3 N–H and O–H groups in total. The molecule has 1 aromatic carbocycles. The Morgan fingerprint density at radius 3 is 2.31 bits per heavy atom. The fourth-order valence-electron chi connectivity index (χ4n) is 1.08. The number of alkyl halides is 3. The Morgan fingerprint density at radius 2 is 1.81 bits per heavy atom. The Kier molecular flexibility index (Phi) is 3.76. The van der Waals surface area contributed by atoms with Crippen LogP contribution in [-0.4, -0.2) is 12.1 Å². The number of anilines is 1. The van der Waals surface area contributed by atoms with Crippen molar-refractivity contribution in [2.75, 3.05) is 5.73 Å². The first-order chi connectivity index (χ1) is 7.37. The van der Waals surface area contributed by atoms with Gasteiger partial charge < -0.3 is 11.1 Å². The molecule has 0 unspecified atom stereocenters. The molecule has 16 heavy (non-hydrogen) atoms. The Hall–Kier alpha value is -1.72. The first kappa shape index (κ1) is 12.4. The molecule has 1 amide bonds. The van der Waals surface area contributed by atoms with Gasteiger partial charge in [0, 0.05) is 12.2 Å². The number of rotatable bonds is 3. The Balaban J connectivity index is 2.40. The second-order valence-corrected chi connectivity index (χ2v) is 3.31. The van der Waals surface area contributed by atoms with Crippen molar-refractivity contribution >= 4 is 11.6 Å². The van der Waals surface area contributed by atoms with Crippen molar-refractivity contribution in [1.29, 1.82) is 0 Å². The lowest BCUT2D eigenvalue weighted by Gasteiger charge is -2.07. The summed E-state index contributed by atoms with van der Waals surface area (Å²) in [6, 6.07) is 6.52. The molecular weight excluding hydrogens is 221 g/mol. The lowest BCUT2D eigenvalue weighted by molar-refractivity contribution is -0.153. The number of hydrogen-bond donors (Lipinski definition) is 2. The molecule has 0 fully saturated rings. The van der Waals surface area contributed by atoms with Gasteiger partial charge in [-0.1, -0.05) is 12.1 Å². The van der Waals surface area contributed by atoms with E-state index in [2.05, 4.69) is 5.32 Å². The standard InChI is InChI=1S/C10H11F3N2O/c11-10(12,13)5-9(16)15-6-7-1-3-8(14)4-2-7/h1-4H,5-6,14H2,(H,15,16). The zero-order chi connectivity index (χ0) is 12.2. The Labute approximate surface area is 90.4 Å². The Morgan fingerprint density at radius 1 is 1.25 bits per heavy atom. The maximum absolute atomic E-state index is 11.8. The van der Waals surface area contributed by atoms with Gasteiger partial charge in [0.25, 0.3) is 0 Å². The topological polar surface area (TPSA) is 55.1 Å². The second kappa shape index (κ2) is 4.87. The van der Waals surface area contributed by atoms with Gasteiger partial charge in [0.1, 0.15) is 6.42 Å². The van der Waals surface area contributed by atoms with E-state index in [0.29, 0.717) is 11.3 Å². The summed E-state index contributed by atoms with van der Waals surface area (Å²) in [6.45, 7) is 0.0647. The number of carbonyl (C=O) groups excluding carboxylic acids is 1. The fraction of sp³-hybridized carbons (Fsp3) is 0.300.